The fourth-order valence-corrected chi connectivity index (χ4v) is 2.51. The predicted molar refractivity (Wildman–Crippen MR) is 75.6 cm³/mol. The summed E-state index contributed by atoms with van der Waals surface area (Å²) in [7, 11) is 3.47. The van der Waals surface area contributed by atoms with Crippen molar-refractivity contribution in [3.63, 3.8) is 0 Å². The third-order valence-corrected chi connectivity index (χ3v) is 3.68. The molecule has 0 spiro atoms. The van der Waals surface area contributed by atoms with Crippen molar-refractivity contribution >= 4 is 29.1 Å². The highest BCUT2D eigenvalue weighted by Crippen LogP contribution is 2.13. The van der Waals surface area contributed by atoms with Gasteiger partial charge in [0.15, 0.2) is 0 Å². The number of anilines is 1. The summed E-state index contributed by atoms with van der Waals surface area (Å²) in [4.78, 5) is 28.8. The second-order valence-corrected chi connectivity index (χ2v) is 5.37. The second-order valence-electron chi connectivity index (χ2n) is 4.59. The van der Waals surface area contributed by atoms with Crippen LogP contribution in [0.4, 0.5) is 15.3 Å². The maximum absolute atomic E-state index is 12.0. The molecule has 1 N–H and O–H groups in total. The van der Waals surface area contributed by atoms with Gasteiger partial charge in [-0.05, 0) is 11.4 Å². The summed E-state index contributed by atoms with van der Waals surface area (Å²) in [6.07, 6.45) is 0. The smallest absolute Gasteiger partial charge is 0.321 e. The molecule has 0 aliphatic carbocycles. The van der Waals surface area contributed by atoms with Crippen molar-refractivity contribution in [3.8, 4) is 0 Å². The Morgan fingerprint density at radius 1 is 1.21 bits per heavy atom. The predicted octanol–water partition coefficient (Wildman–Crippen LogP) is 1.58. The molecule has 19 heavy (non-hydrogen) atoms. The van der Waals surface area contributed by atoms with E-state index in [-0.39, 0.29) is 12.1 Å². The Kier molecular flexibility index (Phi) is 4.26. The number of nitrogens with one attached hydrogen (secondary N) is 1. The normalized spacial score (nSPS) is 15.3. The molecule has 0 bridgehead atoms. The van der Waals surface area contributed by atoms with E-state index in [9.17, 15) is 9.59 Å². The number of urea groups is 2. The van der Waals surface area contributed by atoms with Crippen LogP contribution in [-0.4, -0.2) is 67.0 Å². The number of amides is 4. The van der Waals surface area contributed by atoms with Crippen LogP contribution >= 0.6 is 11.3 Å². The Bertz CT molecular complexity index is 439. The molecule has 0 unspecified atom stereocenters. The standard InChI is InChI=1S/C12H18N4O2S/c1-14(2)12(18)16-6-4-15(5-7-16)11(17)13-10-3-8-19-9-10/h3,8-9H,4-7H2,1-2H3,(H,13,17). The first kappa shape index (κ1) is 13.7. The van der Waals surface area contributed by atoms with Crippen LogP contribution in [-0.2, 0) is 0 Å². The van der Waals surface area contributed by atoms with E-state index in [2.05, 4.69) is 5.32 Å². The Morgan fingerprint density at radius 3 is 2.37 bits per heavy atom. The summed E-state index contributed by atoms with van der Waals surface area (Å²) in [5.74, 6) is 0. The highest BCUT2D eigenvalue weighted by molar-refractivity contribution is 7.08. The molecule has 0 aromatic carbocycles. The van der Waals surface area contributed by atoms with E-state index in [1.807, 2.05) is 16.8 Å². The van der Waals surface area contributed by atoms with Crippen molar-refractivity contribution < 1.29 is 9.59 Å². The minimum atomic E-state index is -0.102. The summed E-state index contributed by atoms with van der Waals surface area (Å²) in [6, 6.07) is 1.77. The number of hydrogen-bond donors (Lipinski definition) is 1. The van der Waals surface area contributed by atoms with E-state index in [1.165, 1.54) is 0 Å². The lowest BCUT2D eigenvalue weighted by Crippen LogP contribution is -2.53. The second kappa shape index (κ2) is 5.92. The minimum Gasteiger partial charge on any atom is -0.331 e. The number of nitrogens with zero attached hydrogens (tertiary/aromatic N) is 3. The van der Waals surface area contributed by atoms with Crippen molar-refractivity contribution in [1.82, 2.24) is 14.7 Å². The average molecular weight is 282 g/mol. The van der Waals surface area contributed by atoms with E-state index in [4.69, 9.17) is 0 Å². The molecule has 1 aromatic rings. The van der Waals surface area contributed by atoms with Crippen LogP contribution in [0.25, 0.3) is 0 Å². The minimum absolute atomic E-state index is 0.00195. The van der Waals surface area contributed by atoms with Gasteiger partial charge in [-0.1, -0.05) is 0 Å². The largest absolute Gasteiger partial charge is 0.331 e. The molecule has 1 aliphatic rings. The first-order valence-electron chi connectivity index (χ1n) is 6.12. The Labute approximate surface area is 116 Å². The van der Waals surface area contributed by atoms with Gasteiger partial charge in [0, 0.05) is 45.7 Å². The zero-order chi connectivity index (χ0) is 13.8. The number of hydrogen-bond acceptors (Lipinski definition) is 3. The van der Waals surface area contributed by atoms with Gasteiger partial charge in [-0.15, -0.1) is 0 Å². The lowest BCUT2D eigenvalue weighted by molar-refractivity contribution is 0.133. The first-order chi connectivity index (χ1) is 9.08. The SMILES string of the molecule is CN(C)C(=O)N1CCN(C(=O)Nc2ccsc2)CC1. The third-order valence-electron chi connectivity index (χ3n) is 2.99. The van der Waals surface area contributed by atoms with Crippen LogP contribution in [0.5, 0.6) is 0 Å². The fourth-order valence-electron chi connectivity index (χ4n) is 1.92. The molecular formula is C12H18N4O2S. The number of rotatable bonds is 1. The van der Waals surface area contributed by atoms with Crippen LogP contribution in [0.1, 0.15) is 0 Å². The molecule has 104 valence electrons. The van der Waals surface area contributed by atoms with E-state index in [0.29, 0.717) is 26.2 Å². The zero-order valence-corrected chi connectivity index (χ0v) is 11.9. The monoisotopic (exact) mass is 282 g/mol. The van der Waals surface area contributed by atoms with Crippen LogP contribution in [0.3, 0.4) is 0 Å². The van der Waals surface area contributed by atoms with Gasteiger partial charge >= 0.3 is 12.1 Å². The molecule has 4 amide bonds. The first-order valence-corrected chi connectivity index (χ1v) is 7.06. The average Bonchev–Trinajstić information content (AvgIpc) is 2.90. The number of piperazine rings is 1. The maximum Gasteiger partial charge on any atom is 0.321 e. The highest BCUT2D eigenvalue weighted by atomic mass is 32.1. The number of carbonyl (C=O) groups excluding carboxylic acids is 2. The maximum atomic E-state index is 12.0. The van der Waals surface area contributed by atoms with Gasteiger partial charge in [-0.25, -0.2) is 9.59 Å². The molecule has 7 heteroatoms. The van der Waals surface area contributed by atoms with Crippen LogP contribution < -0.4 is 5.32 Å². The van der Waals surface area contributed by atoms with Crippen molar-refractivity contribution in [2.45, 2.75) is 0 Å². The van der Waals surface area contributed by atoms with Crippen LogP contribution in [0.15, 0.2) is 16.8 Å². The topological polar surface area (TPSA) is 55.9 Å². The van der Waals surface area contributed by atoms with E-state index >= 15 is 0 Å². The summed E-state index contributed by atoms with van der Waals surface area (Å²) in [5.41, 5.74) is 0.821. The molecule has 1 saturated heterocycles. The van der Waals surface area contributed by atoms with Gasteiger partial charge in [-0.3, -0.25) is 0 Å². The van der Waals surface area contributed by atoms with Gasteiger partial charge in [0.05, 0.1) is 5.69 Å². The highest BCUT2D eigenvalue weighted by Gasteiger charge is 2.24. The summed E-state index contributed by atoms with van der Waals surface area (Å²) in [6.45, 7) is 2.28. The molecule has 0 atom stereocenters. The van der Waals surface area contributed by atoms with Crippen LogP contribution in [0, 0.1) is 0 Å². The molecule has 2 rings (SSSR count). The van der Waals surface area contributed by atoms with Crippen molar-refractivity contribution in [1.29, 1.82) is 0 Å². The Morgan fingerprint density at radius 2 is 1.84 bits per heavy atom. The lowest BCUT2D eigenvalue weighted by Gasteiger charge is -2.35. The number of thiophene rings is 1. The summed E-state index contributed by atoms with van der Waals surface area (Å²) in [5, 5.41) is 6.65. The van der Waals surface area contributed by atoms with E-state index in [0.717, 1.165) is 5.69 Å². The molecule has 6 nitrogen and oxygen atoms in total. The van der Waals surface area contributed by atoms with Gasteiger partial charge in [0.1, 0.15) is 0 Å². The van der Waals surface area contributed by atoms with E-state index in [1.54, 1.807) is 40.1 Å². The van der Waals surface area contributed by atoms with Gasteiger partial charge < -0.3 is 20.0 Å². The molecule has 1 aliphatic heterocycles. The van der Waals surface area contributed by atoms with Crippen molar-refractivity contribution in [3.05, 3.63) is 16.8 Å². The molecule has 2 heterocycles. The fraction of sp³-hybridized carbons (Fsp3) is 0.500. The number of carbonyl (C=O) groups is 2. The molecule has 1 fully saturated rings. The van der Waals surface area contributed by atoms with Gasteiger partial charge in [0.25, 0.3) is 0 Å². The molecule has 0 saturated carbocycles. The van der Waals surface area contributed by atoms with Crippen molar-refractivity contribution in [2.75, 3.05) is 45.6 Å². The van der Waals surface area contributed by atoms with Gasteiger partial charge in [-0.2, -0.15) is 11.3 Å². The third kappa shape index (κ3) is 3.37. The van der Waals surface area contributed by atoms with Crippen LogP contribution in [0.2, 0.25) is 0 Å². The summed E-state index contributed by atoms with van der Waals surface area (Å²) >= 11 is 1.54. The summed E-state index contributed by atoms with van der Waals surface area (Å²) < 4.78 is 0. The Hall–Kier alpha value is -1.76. The quantitative estimate of drug-likeness (QED) is 0.850. The molecule has 0 radical (unpaired) electrons. The zero-order valence-electron chi connectivity index (χ0n) is 11.1. The lowest BCUT2D eigenvalue weighted by atomic mass is 10.3. The molecular weight excluding hydrogens is 264 g/mol. The van der Waals surface area contributed by atoms with E-state index < -0.39 is 0 Å². The van der Waals surface area contributed by atoms with Crippen molar-refractivity contribution in [2.24, 2.45) is 0 Å². The molecule has 1 aromatic heterocycles. The van der Waals surface area contributed by atoms with Gasteiger partial charge in [0.2, 0.25) is 0 Å². The Balaban J connectivity index is 1.83.